The van der Waals surface area contributed by atoms with Crippen molar-refractivity contribution in [2.45, 2.75) is 0 Å². The molecule has 0 bridgehead atoms. The number of sulfonamides is 1. The van der Waals surface area contributed by atoms with Gasteiger partial charge in [0.25, 0.3) is 5.91 Å². The van der Waals surface area contributed by atoms with E-state index in [1.807, 2.05) is 0 Å². The number of nitrogens with zero attached hydrogens (tertiary/aromatic N) is 4. The summed E-state index contributed by atoms with van der Waals surface area (Å²) in [5, 5.41) is 12.9. The Bertz CT molecular complexity index is 1200. The molecule has 2 aromatic heterocycles. The molecule has 2 heterocycles. The Kier molecular flexibility index (Phi) is 6.08. The molecule has 0 unspecified atom stereocenters. The van der Waals surface area contributed by atoms with Gasteiger partial charge in [0.05, 0.1) is 23.8 Å². The molecule has 11 nitrogen and oxygen atoms in total. The molecule has 0 spiro atoms. The highest BCUT2D eigenvalue weighted by Crippen LogP contribution is 2.29. The molecule has 0 radical (unpaired) electrons. The number of nitrogens with one attached hydrogen (secondary N) is 4. The first-order valence-electron chi connectivity index (χ1n) is 8.56. The van der Waals surface area contributed by atoms with E-state index in [-0.39, 0.29) is 22.7 Å². The van der Waals surface area contributed by atoms with Crippen molar-refractivity contribution in [3.63, 3.8) is 0 Å². The van der Waals surface area contributed by atoms with Crippen LogP contribution in [0.5, 0.6) is 0 Å². The van der Waals surface area contributed by atoms with Gasteiger partial charge in [-0.1, -0.05) is 23.7 Å². The average Bonchev–Trinajstić information content (AvgIpc) is 3.04. The average molecular weight is 451 g/mol. The minimum absolute atomic E-state index is 0.178. The smallest absolute Gasteiger partial charge is 0.269 e. The molecule has 4 N–H and O–H groups in total. The van der Waals surface area contributed by atoms with E-state index in [0.29, 0.717) is 22.9 Å². The van der Waals surface area contributed by atoms with Crippen LogP contribution in [0.1, 0.15) is 10.5 Å². The van der Waals surface area contributed by atoms with Crippen LogP contribution in [0.2, 0.25) is 5.02 Å². The first-order valence-corrected chi connectivity index (χ1v) is 10.8. The highest BCUT2D eigenvalue weighted by Gasteiger charge is 2.14. The van der Waals surface area contributed by atoms with E-state index in [0.717, 1.165) is 6.26 Å². The van der Waals surface area contributed by atoms with Crippen molar-refractivity contribution in [3.05, 3.63) is 47.2 Å². The molecule has 3 aromatic rings. The lowest BCUT2D eigenvalue weighted by Gasteiger charge is -2.13. The lowest BCUT2D eigenvalue weighted by Crippen LogP contribution is -2.20. The van der Waals surface area contributed by atoms with E-state index < -0.39 is 10.0 Å². The zero-order valence-corrected chi connectivity index (χ0v) is 17.8. The summed E-state index contributed by atoms with van der Waals surface area (Å²) in [4.78, 5) is 20.2. The summed E-state index contributed by atoms with van der Waals surface area (Å²) >= 11 is 6.20. The summed E-state index contributed by atoms with van der Waals surface area (Å²) in [6.45, 7) is 0. The van der Waals surface area contributed by atoms with Crippen LogP contribution in [0.3, 0.4) is 0 Å². The van der Waals surface area contributed by atoms with E-state index in [1.54, 1.807) is 37.4 Å². The van der Waals surface area contributed by atoms with Crippen molar-refractivity contribution in [1.29, 1.82) is 0 Å². The van der Waals surface area contributed by atoms with Crippen molar-refractivity contribution in [2.75, 3.05) is 28.7 Å². The van der Waals surface area contributed by atoms with E-state index in [2.05, 4.69) is 35.7 Å². The summed E-state index contributed by atoms with van der Waals surface area (Å²) < 4.78 is 27.0. The van der Waals surface area contributed by atoms with Crippen molar-refractivity contribution < 1.29 is 13.2 Å². The zero-order chi connectivity index (χ0) is 21.9. The number of halogens is 1. The van der Waals surface area contributed by atoms with E-state index >= 15 is 0 Å². The van der Waals surface area contributed by atoms with Crippen LogP contribution in [-0.2, 0) is 17.1 Å². The normalized spacial score (nSPS) is 11.1. The molecular formula is C17H19ClN8O3S. The minimum Gasteiger partial charge on any atom is -0.354 e. The lowest BCUT2D eigenvalue weighted by atomic mass is 10.2. The second-order valence-corrected chi connectivity index (χ2v) is 8.33. The molecule has 0 saturated heterocycles. The third-order valence-electron chi connectivity index (χ3n) is 3.80. The van der Waals surface area contributed by atoms with Gasteiger partial charge in [-0.3, -0.25) is 14.2 Å². The first-order chi connectivity index (χ1) is 14.2. The number of anilines is 5. The highest BCUT2D eigenvalue weighted by atomic mass is 35.5. The first kappa shape index (κ1) is 21.3. The van der Waals surface area contributed by atoms with Gasteiger partial charge in [0.15, 0.2) is 11.6 Å². The Morgan fingerprint density at radius 1 is 1.17 bits per heavy atom. The van der Waals surface area contributed by atoms with E-state index in [1.165, 1.54) is 17.9 Å². The summed E-state index contributed by atoms with van der Waals surface area (Å²) in [7, 11) is -0.310. The van der Waals surface area contributed by atoms with Gasteiger partial charge in [-0.05, 0) is 12.1 Å². The quantitative estimate of drug-likeness (QED) is 0.428. The van der Waals surface area contributed by atoms with Crippen LogP contribution >= 0.6 is 11.6 Å². The Morgan fingerprint density at radius 3 is 2.53 bits per heavy atom. The molecule has 0 atom stereocenters. The lowest BCUT2D eigenvalue weighted by molar-refractivity contribution is 0.0953. The molecule has 1 aromatic carbocycles. The van der Waals surface area contributed by atoms with Crippen molar-refractivity contribution >= 4 is 56.5 Å². The predicted molar refractivity (Wildman–Crippen MR) is 115 cm³/mol. The molecule has 0 aliphatic rings. The second kappa shape index (κ2) is 8.55. The maximum atomic E-state index is 11.8. The maximum absolute atomic E-state index is 11.8. The molecule has 158 valence electrons. The van der Waals surface area contributed by atoms with Crippen LogP contribution in [0.15, 0.2) is 36.5 Å². The van der Waals surface area contributed by atoms with Crippen LogP contribution < -0.4 is 20.7 Å². The van der Waals surface area contributed by atoms with Gasteiger partial charge in [0.1, 0.15) is 10.7 Å². The molecule has 0 aliphatic heterocycles. The molecule has 0 aliphatic carbocycles. The third-order valence-corrected chi connectivity index (χ3v) is 4.67. The Morgan fingerprint density at radius 2 is 1.87 bits per heavy atom. The summed E-state index contributed by atoms with van der Waals surface area (Å²) in [6.07, 6.45) is 2.44. The SMILES string of the molecule is CNC(=O)c1cc(Nc2ncc(Cl)c(Nc3ccccc3NS(C)(=O)=O)n2)nn1C. The summed E-state index contributed by atoms with van der Waals surface area (Å²) in [5.41, 5.74) is 1.14. The van der Waals surface area contributed by atoms with Crippen LogP contribution in [0.25, 0.3) is 0 Å². The minimum atomic E-state index is -3.47. The fourth-order valence-corrected chi connectivity index (χ4v) is 3.22. The van der Waals surface area contributed by atoms with Gasteiger partial charge in [-0.2, -0.15) is 10.1 Å². The highest BCUT2D eigenvalue weighted by molar-refractivity contribution is 7.92. The van der Waals surface area contributed by atoms with Crippen molar-refractivity contribution in [3.8, 4) is 0 Å². The van der Waals surface area contributed by atoms with Gasteiger partial charge in [-0.15, -0.1) is 0 Å². The van der Waals surface area contributed by atoms with Crippen molar-refractivity contribution in [2.24, 2.45) is 7.05 Å². The Hall–Kier alpha value is -3.38. The fraction of sp³-hybridized carbons (Fsp3) is 0.176. The van der Waals surface area contributed by atoms with Gasteiger partial charge < -0.3 is 16.0 Å². The summed E-state index contributed by atoms with van der Waals surface area (Å²) in [6, 6.07) is 8.26. The number of benzene rings is 1. The Labute approximate surface area is 177 Å². The number of amides is 1. The van der Waals surface area contributed by atoms with Gasteiger partial charge in [0.2, 0.25) is 16.0 Å². The third kappa shape index (κ3) is 5.15. The molecule has 0 fully saturated rings. The van der Waals surface area contributed by atoms with Crippen molar-refractivity contribution in [1.82, 2.24) is 25.1 Å². The van der Waals surface area contributed by atoms with E-state index in [9.17, 15) is 13.2 Å². The van der Waals surface area contributed by atoms with E-state index in [4.69, 9.17) is 11.6 Å². The number of hydrogen-bond donors (Lipinski definition) is 4. The molecule has 3 rings (SSSR count). The standard InChI is InChI=1S/C17H19ClN8O3S/c1-19-16(27)13-8-14(24-26(13)2)22-17-20-9-10(18)15(23-17)21-11-6-4-5-7-12(11)25-30(3,28)29/h4-9,25H,1-3H3,(H,19,27)(H2,20,21,22,23,24). The Balaban J connectivity index is 1.86. The number of aryl methyl sites for hydroxylation is 1. The molecular weight excluding hydrogens is 432 g/mol. The van der Waals surface area contributed by atoms with Crippen LogP contribution in [-0.4, -0.2) is 47.4 Å². The zero-order valence-electron chi connectivity index (χ0n) is 16.3. The topological polar surface area (TPSA) is 143 Å². The number of carbonyl (C=O) groups is 1. The largest absolute Gasteiger partial charge is 0.354 e. The van der Waals surface area contributed by atoms with Gasteiger partial charge in [0, 0.05) is 20.2 Å². The second-order valence-electron chi connectivity index (χ2n) is 6.18. The summed E-state index contributed by atoms with van der Waals surface area (Å²) in [5.74, 6) is 0.507. The number of para-hydroxylation sites is 2. The maximum Gasteiger partial charge on any atom is 0.269 e. The molecule has 0 saturated carbocycles. The monoisotopic (exact) mass is 450 g/mol. The number of aromatic nitrogens is 4. The number of rotatable bonds is 7. The molecule has 13 heteroatoms. The van der Waals surface area contributed by atoms with Gasteiger partial charge in [-0.25, -0.2) is 13.4 Å². The molecule has 1 amide bonds. The predicted octanol–water partition coefficient (Wildman–Crippen LogP) is 2.08. The van der Waals surface area contributed by atoms with Gasteiger partial charge >= 0.3 is 0 Å². The van der Waals surface area contributed by atoms with Crippen LogP contribution in [0, 0.1) is 0 Å². The fourth-order valence-electron chi connectivity index (χ4n) is 2.51. The number of hydrogen-bond acceptors (Lipinski definition) is 8. The number of carbonyl (C=O) groups excluding carboxylic acids is 1. The molecule has 30 heavy (non-hydrogen) atoms. The van der Waals surface area contributed by atoms with Crippen LogP contribution in [0.4, 0.5) is 29.0 Å².